The molecule has 4 heteroatoms. The average molecular weight is 217 g/mol. The van der Waals surface area contributed by atoms with Gasteiger partial charge in [-0.1, -0.05) is 6.07 Å². The summed E-state index contributed by atoms with van der Waals surface area (Å²) in [6.45, 7) is 2.41. The standard InChI is InChI=1S/C12H15N3O/c1-8(12(13)16)15-7-9-2-3-11-10(6-9)4-5-14-11/h2-6,8,14-15H,7H2,1H3,(H2,13,16). The first kappa shape index (κ1) is 10.7. The molecule has 4 N–H and O–H groups in total. The topological polar surface area (TPSA) is 70.9 Å². The SMILES string of the molecule is CC(NCc1ccc2[nH]ccc2c1)C(N)=O. The van der Waals surface area contributed by atoms with Crippen LogP contribution in [0.15, 0.2) is 30.5 Å². The van der Waals surface area contributed by atoms with Crippen LogP contribution in [0.25, 0.3) is 10.9 Å². The summed E-state index contributed by atoms with van der Waals surface area (Å²) >= 11 is 0. The maximum Gasteiger partial charge on any atom is 0.234 e. The van der Waals surface area contributed by atoms with Gasteiger partial charge in [0.05, 0.1) is 6.04 Å². The molecular formula is C12H15N3O. The van der Waals surface area contributed by atoms with Crippen molar-refractivity contribution in [1.29, 1.82) is 0 Å². The van der Waals surface area contributed by atoms with E-state index >= 15 is 0 Å². The number of benzene rings is 1. The van der Waals surface area contributed by atoms with Crippen LogP contribution in [-0.4, -0.2) is 16.9 Å². The monoisotopic (exact) mass is 217 g/mol. The molecule has 1 aromatic carbocycles. The summed E-state index contributed by atoms with van der Waals surface area (Å²) in [7, 11) is 0. The molecule has 2 rings (SSSR count). The molecule has 0 radical (unpaired) electrons. The van der Waals surface area contributed by atoms with Gasteiger partial charge in [0.2, 0.25) is 5.91 Å². The van der Waals surface area contributed by atoms with E-state index < -0.39 is 0 Å². The predicted octanol–water partition coefficient (Wildman–Crippen LogP) is 1.13. The molecule has 0 saturated heterocycles. The van der Waals surface area contributed by atoms with Crippen molar-refractivity contribution in [2.75, 3.05) is 0 Å². The molecule has 1 atom stereocenters. The lowest BCUT2D eigenvalue weighted by molar-refractivity contribution is -0.119. The second-order valence-electron chi connectivity index (χ2n) is 3.90. The summed E-state index contributed by atoms with van der Waals surface area (Å²) < 4.78 is 0. The lowest BCUT2D eigenvalue weighted by atomic mass is 10.1. The van der Waals surface area contributed by atoms with E-state index in [-0.39, 0.29) is 11.9 Å². The van der Waals surface area contributed by atoms with E-state index in [9.17, 15) is 4.79 Å². The zero-order chi connectivity index (χ0) is 11.5. The van der Waals surface area contributed by atoms with Crippen LogP contribution in [0.1, 0.15) is 12.5 Å². The zero-order valence-electron chi connectivity index (χ0n) is 9.16. The summed E-state index contributed by atoms with van der Waals surface area (Å²) in [6.07, 6.45) is 1.91. The Balaban J connectivity index is 2.06. The summed E-state index contributed by atoms with van der Waals surface area (Å²) in [5.74, 6) is -0.331. The van der Waals surface area contributed by atoms with Gasteiger partial charge in [0.25, 0.3) is 0 Å². The van der Waals surface area contributed by atoms with E-state index in [2.05, 4.69) is 16.4 Å². The van der Waals surface area contributed by atoms with E-state index in [4.69, 9.17) is 5.73 Å². The second kappa shape index (κ2) is 4.37. The number of amides is 1. The minimum absolute atomic E-state index is 0.304. The third-order valence-corrected chi connectivity index (χ3v) is 2.66. The first-order valence-electron chi connectivity index (χ1n) is 5.25. The number of primary amides is 1. The van der Waals surface area contributed by atoms with E-state index in [1.54, 1.807) is 6.92 Å². The Hall–Kier alpha value is -1.81. The van der Waals surface area contributed by atoms with Gasteiger partial charge in [-0.15, -0.1) is 0 Å². The van der Waals surface area contributed by atoms with E-state index in [1.165, 1.54) is 5.39 Å². The van der Waals surface area contributed by atoms with Crippen molar-refractivity contribution in [3.63, 3.8) is 0 Å². The second-order valence-corrected chi connectivity index (χ2v) is 3.90. The van der Waals surface area contributed by atoms with Crippen molar-refractivity contribution in [2.24, 2.45) is 5.73 Å². The minimum Gasteiger partial charge on any atom is -0.368 e. The summed E-state index contributed by atoms with van der Waals surface area (Å²) in [5.41, 5.74) is 7.42. The Bertz CT molecular complexity index is 504. The Labute approximate surface area is 93.8 Å². The largest absolute Gasteiger partial charge is 0.368 e. The van der Waals surface area contributed by atoms with Crippen molar-refractivity contribution in [1.82, 2.24) is 10.3 Å². The molecule has 0 bridgehead atoms. The third kappa shape index (κ3) is 2.23. The summed E-state index contributed by atoms with van der Waals surface area (Å²) in [6, 6.07) is 7.87. The molecule has 84 valence electrons. The molecule has 1 amide bonds. The quantitative estimate of drug-likeness (QED) is 0.718. The smallest absolute Gasteiger partial charge is 0.234 e. The van der Waals surface area contributed by atoms with Crippen LogP contribution in [0.3, 0.4) is 0 Å². The van der Waals surface area contributed by atoms with Crippen LogP contribution in [-0.2, 0) is 11.3 Å². The number of hydrogen-bond acceptors (Lipinski definition) is 2. The van der Waals surface area contributed by atoms with Crippen molar-refractivity contribution in [2.45, 2.75) is 19.5 Å². The Kier molecular flexibility index (Phi) is 2.92. The van der Waals surface area contributed by atoms with Crippen LogP contribution in [0.2, 0.25) is 0 Å². The molecule has 0 aliphatic rings. The van der Waals surface area contributed by atoms with Crippen molar-refractivity contribution in [3.05, 3.63) is 36.0 Å². The van der Waals surface area contributed by atoms with Gasteiger partial charge in [0.15, 0.2) is 0 Å². The highest BCUT2D eigenvalue weighted by atomic mass is 16.1. The molecule has 2 aromatic rings. The van der Waals surface area contributed by atoms with Gasteiger partial charge in [0, 0.05) is 18.3 Å². The van der Waals surface area contributed by atoms with Crippen LogP contribution < -0.4 is 11.1 Å². The lowest BCUT2D eigenvalue weighted by Crippen LogP contribution is -2.38. The highest BCUT2D eigenvalue weighted by molar-refractivity contribution is 5.80. The number of carbonyl (C=O) groups is 1. The number of H-pyrrole nitrogens is 1. The molecule has 0 saturated carbocycles. The fourth-order valence-corrected chi connectivity index (χ4v) is 1.58. The zero-order valence-corrected chi connectivity index (χ0v) is 9.16. The first-order chi connectivity index (χ1) is 7.66. The number of rotatable bonds is 4. The fourth-order valence-electron chi connectivity index (χ4n) is 1.58. The molecule has 4 nitrogen and oxygen atoms in total. The van der Waals surface area contributed by atoms with Crippen LogP contribution in [0, 0.1) is 0 Å². The molecule has 0 fully saturated rings. The van der Waals surface area contributed by atoms with Gasteiger partial charge in [-0.25, -0.2) is 0 Å². The number of fused-ring (bicyclic) bond motifs is 1. The lowest BCUT2D eigenvalue weighted by Gasteiger charge is -2.09. The van der Waals surface area contributed by atoms with E-state index in [1.807, 2.05) is 24.4 Å². The predicted molar refractivity (Wildman–Crippen MR) is 63.8 cm³/mol. The Morgan fingerprint density at radius 1 is 1.50 bits per heavy atom. The van der Waals surface area contributed by atoms with Gasteiger partial charge in [-0.2, -0.15) is 0 Å². The maximum absolute atomic E-state index is 10.8. The number of aromatic amines is 1. The molecule has 0 aliphatic carbocycles. The molecule has 0 spiro atoms. The van der Waals surface area contributed by atoms with Crippen LogP contribution in [0.5, 0.6) is 0 Å². The Morgan fingerprint density at radius 3 is 3.06 bits per heavy atom. The van der Waals surface area contributed by atoms with Crippen molar-refractivity contribution in [3.8, 4) is 0 Å². The van der Waals surface area contributed by atoms with Gasteiger partial charge < -0.3 is 16.0 Å². The number of nitrogens with two attached hydrogens (primary N) is 1. The molecule has 16 heavy (non-hydrogen) atoms. The number of nitrogens with one attached hydrogen (secondary N) is 2. The third-order valence-electron chi connectivity index (χ3n) is 2.66. The van der Waals surface area contributed by atoms with Gasteiger partial charge in [-0.05, 0) is 36.1 Å². The van der Waals surface area contributed by atoms with Crippen LogP contribution in [0.4, 0.5) is 0 Å². The first-order valence-corrected chi connectivity index (χ1v) is 5.25. The molecule has 1 heterocycles. The van der Waals surface area contributed by atoms with E-state index in [0.717, 1.165) is 11.1 Å². The average Bonchev–Trinajstić information content (AvgIpc) is 2.72. The van der Waals surface area contributed by atoms with Crippen molar-refractivity contribution < 1.29 is 4.79 Å². The minimum atomic E-state index is -0.331. The normalized spacial score (nSPS) is 12.8. The van der Waals surface area contributed by atoms with Gasteiger partial charge in [-0.3, -0.25) is 4.79 Å². The highest BCUT2D eigenvalue weighted by Crippen LogP contribution is 2.14. The van der Waals surface area contributed by atoms with E-state index in [0.29, 0.717) is 6.54 Å². The van der Waals surface area contributed by atoms with Gasteiger partial charge >= 0.3 is 0 Å². The molecule has 1 aromatic heterocycles. The molecular weight excluding hydrogens is 202 g/mol. The van der Waals surface area contributed by atoms with Crippen LogP contribution >= 0.6 is 0 Å². The van der Waals surface area contributed by atoms with Gasteiger partial charge in [0.1, 0.15) is 0 Å². The molecule has 1 unspecified atom stereocenters. The highest BCUT2D eigenvalue weighted by Gasteiger charge is 2.07. The number of hydrogen-bond donors (Lipinski definition) is 3. The van der Waals surface area contributed by atoms with Crippen molar-refractivity contribution >= 4 is 16.8 Å². The fraction of sp³-hybridized carbons (Fsp3) is 0.250. The maximum atomic E-state index is 10.8. The summed E-state index contributed by atoms with van der Waals surface area (Å²) in [5, 5.41) is 4.24. The summed E-state index contributed by atoms with van der Waals surface area (Å²) in [4.78, 5) is 14.0. The number of carbonyl (C=O) groups excluding carboxylic acids is 1. The molecule has 0 aliphatic heterocycles. The Morgan fingerprint density at radius 2 is 2.31 bits per heavy atom. The number of aromatic nitrogens is 1.